The standard InChI is InChI=1S/C20H19N5O2S/c1-14(15-4-6-16(7-5-15)25-11-10-21-13-25)22-18(26)8-9-19-23-20(24-27-19)17-3-2-12-28-17/h2-7,10-14H,8-9H2,1H3,(H,22,26)/t14-/m1/s1. The van der Waals surface area contributed by atoms with E-state index in [-0.39, 0.29) is 11.9 Å². The number of aromatic nitrogens is 4. The number of carbonyl (C=O) groups excluding carboxylic acids is 1. The van der Waals surface area contributed by atoms with E-state index in [4.69, 9.17) is 4.52 Å². The van der Waals surface area contributed by atoms with Crippen LogP contribution in [0.3, 0.4) is 0 Å². The first-order chi connectivity index (χ1) is 13.7. The van der Waals surface area contributed by atoms with Crippen molar-refractivity contribution < 1.29 is 9.32 Å². The number of hydrogen-bond acceptors (Lipinski definition) is 6. The first-order valence-corrected chi connectivity index (χ1v) is 9.81. The molecule has 0 saturated heterocycles. The fourth-order valence-corrected chi connectivity index (χ4v) is 3.48. The molecule has 0 aliphatic carbocycles. The summed E-state index contributed by atoms with van der Waals surface area (Å²) in [5.74, 6) is 0.981. The highest BCUT2D eigenvalue weighted by Crippen LogP contribution is 2.21. The van der Waals surface area contributed by atoms with Crippen molar-refractivity contribution in [2.24, 2.45) is 0 Å². The Labute approximate surface area is 166 Å². The van der Waals surface area contributed by atoms with Gasteiger partial charge in [0.25, 0.3) is 0 Å². The quantitative estimate of drug-likeness (QED) is 0.516. The molecule has 1 N–H and O–H groups in total. The monoisotopic (exact) mass is 393 g/mol. The Morgan fingerprint density at radius 1 is 1.29 bits per heavy atom. The van der Waals surface area contributed by atoms with E-state index in [1.807, 2.05) is 59.5 Å². The molecule has 3 aromatic heterocycles. The molecule has 0 spiro atoms. The Balaban J connectivity index is 1.30. The number of nitrogens with one attached hydrogen (secondary N) is 1. The zero-order chi connectivity index (χ0) is 19.3. The molecule has 0 bridgehead atoms. The minimum absolute atomic E-state index is 0.0536. The van der Waals surface area contributed by atoms with Gasteiger partial charge in [-0.3, -0.25) is 4.79 Å². The lowest BCUT2D eigenvalue weighted by Gasteiger charge is -2.14. The molecule has 4 aromatic rings. The van der Waals surface area contributed by atoms with Crippen molar-refractivity contribution in [1.29, 1.82) is 0 Å². The number of nitrogens with zero attached hydrogens (tertiary/aromatic N) is 4. The second kappa shape index (κ2) is 8.18. The smallest absolute Gasteiger partial charge is 0.227 e. The van der Waals surface area contributed by atoms with Gasteiger partial charge in [-0.05, 0) is 36.1 Å². The average molecular weight is 393 g/mol. The normalized spacial score (nSPS) is 12.0. The highest BCUT2D eigenvalue weighted by atomic mass is 32.1. The van der Waals surface area contributed by atoms with Crippen molar-refractivity contribution in [1.82, 2.24) is 25.0 Å². The van der Waals surface area contributed by atoms with E-state index in [2.05, 4.69) is 20.4 Å². The SMILES string of the molecule is C[C@@H](NC(=O)CCc1nc(-c2cccs2)no1)c1ccc(-n2ccnc2)cc1. The summed E-state index contributed by atoms with van der Waals surface area (Å²) in [6.07, 6.45) is 6.09. The van der Waals surface area contributed by atoms with Crippen LogP contribution in [0.15, 0.2) is 65.0 Å². The van der Waals surface area contributed by atoms with Gasteiger partial charge in [0.1, 0.15) is 0 Å². The highest BCUT2D eigenvalue weighted by molar-refractivity contribution is 7.13. The summed E-state index contributed by atoms with van der Waals surface area (Å²) in [5.41, 5.74) is 2.06. The van der Waals surface area contributed by atoms with Gasteiger partial charge < -0.3 is 14.4 Å². The van der Waals surface area contributed by atoms with E-state index in [9.17, 15) is 4.79 Å². The molecule has 8 heteroatoms. The molecule has 142 valence electrons. The molecule has 0 aliphatic rings. The maximum Gasteiger partial charge on any atom is 0.227 e. The maximum absolute atomic E-state index is 12.3. The number of benzene rings is 1. The van der Waals surface area contributed by atoms with Crippen LogP contribution in [0.2, 0.25) is 0 Å². The van der Waals surface area contributed by atoms with Gasteiger partial charge in [-0.2, -0.15) is 4.98 Å². The summed E-state index contributed by atoms with van der Waals surface area (Å²) in [6.45, 7) is 1.96. The third-order valence-electron chi connectivity index (χ3n) is 4.35. The van der Waals surface area contributed by atoms with Crippen LogP contribution in [0.1, 0.15) is 30.8 Å². The first-order valence-electron chi connectivity index (χ1n) is 8.93. The minimum Gasteiger partial charge on any atom is -0.350 e. The van der Waals surface area contributed by atoms with E-state index >= 15 is 0 Å². The zero-order valence-corrected chi connectivity index (χ0v) is 16.1. The Bertz CT molecular complexity index is 1020. The van der Waals surface area contributed by atoms with Gasteiger partial charge in [0.2, 0.25) is 17.6 Å². The van der Waals surface area contributed by atoms with Crippen LogP contribution in [0.5, 0.6) is 0 Å². The summed E-state index contributed by atoms with van der Waals surface area (Å²) in [7, 11) is 0. The molecule has 0 fully saturated rings. The predicted molar refractivity (Wildman–Crippen MR) is 106 cm³/mol. The summed E-state index contributed by atoms with van der Waals surface area (Å²) in [6, 6.07) is 11.8. The minimum atomic E-state index is -0.0892. The molecule has 4 rings (SSSR count). The number of rotatable bonds is 7. The van der Waals surface area contributed by atoms with Gasteiger partial charge >= 0.3 is 0 Å². The van der Waals surface area contributed by atoms with Crippen molar-refractivity contribution in [3.63, 3.8) is 0 Å². The molecule has 0 saturated carbocycles. The van der Waals surface area contributed by atoms with E-state index < -0.39 is 0 Å². The Morgan fingerprint density at radius 2 is 2.14 bits per heavy atom. The lowest BCUT2D eigenvalue weighted by Crippen LogP contribution is -2.26. The van der Waals surface area contributed by atoms with Crippen molar-refractivity contribution in [3.8, 4) is 16.4 Å². The Morgan fingerprint density at radius 3 is 2.86 bits per heavy atom. The fraction of sp³-hybridized carbons (Fsp3) is 0.200. The summed E-state index contributed by atoms with van der Waals surface area (Å²) in [5, 5.41) is 8.93. The molecule has 7 nitrogen and oxygen atoms in total. The van der Waals surface area contributed by atoms with Crippen LogP contribution in [0, 0.1) is 0 Å². The average Bonchev–Trinajstić information content (AvgIpc) is 3.49. The first kappa shape index (κ1) is 18.1. The fourth-order valence-electron chi connectivity index (χ4n) is 2.83. The molecule has 1 amide bonds. The third-order valence-corrected chi connectivity index (χ3v) is 5.21. The van der Waals surface area contributed by atoms with Gasteiger partial charge in [-0.15, -0.1) is 11.3 Å². The second-order valence-electron chi connectivity index (χ2n) is 6.34. The van der Waals surface area contributed by atoms with Crippen molar-refractivity contribution in [2.75, 3.05) is 0 Å². The topological polar surface area (TPSA) is 85.8 Å². The molecule has 0 unspecified atom stereocenters. The zero-order valence-electron chi connectivity index (χ0n) is 15.3. The Kier molecular flexibility index (Phi) is 5.29. The van der Waals surface area contributed by atoms with Crippen LogP contribution in [0.4, 0.5) is 0 Å². The lowest BCUT2D eigenvalue weighted by molar-refractivity contribution is -0.121. The molecule has 1 aromatic carbocycles. The van der Waals surface area contributed by atoms with Crippen LogP contribution in [-0.4, -0.2) is 25.6 Å². The van der Waals surface area contributed by atoms with Gasteiger partial charge in [-0.1, -0.05) is 23.4 Å². The Hall–Kier alpha value is -3.26. The van der Waals surface area contributed by atoms with E-state index in [1.54, 1.807) is 23.9 Å². The number of hydrogen-bond donors (Lipinski definition) is 1. The predicted octanol–water partition coefficient (Wildman–Crippen LogP) is 3.79. The van der Waals surface area contributed by atoms with Crippen LogP contribution in [-0.2, 0) is 11.2 Å². The third kappa shape index (κ3) is 4.17. The van der Waals surface area contributed by atoms with Gasteiger partial charge in [-0.25, -0.2) is 4.98 Å². The van der Waals surface area contributed by atoms with Crippen molar-refractivity contribution >= 4 is 17.2 Å². The van der Waals surface area contributed by atoms with Gasteiger partial charge in [0, 0.05) is 30.9 Å². The molecule has 1 atom stereocenters. The number of amides is 1. The number of carbonyl (C=O) groups is 1. The van der Waals surface area contributed by atoms with Gasteiger partial charge in [0.15, 0.2) is 0 Å². The maximum atomic E-state index is 12.3. The van der Waals surface area contributed by atoms with Crippen LogP contribution >= 0.6 is 11.3 Å². The largest absolute Gasteiger partial charge is 0.350 e. The van der Waals surface area contributed by atoms with E-state index in [1.165, 1.54) is 0 Å². The number of thiophene rings is 1. The van der Waals surface area contributed by atoms with Crippen molar-refractivity contribution in [2.45, 2.75) is 25.8 Å². The molecule has 28 heavy (non-hydrogen) atoms. The summed E-state index contributed by atoms with van der Waals surface area (Å²) >= 11 is 1.55. The molecular weight excluding hydrogens is 374 g/mol. The molecular formula is C20H19N5O2S. The summed E-state index contributed by atoms with van der Waals surface area (Å²) in [4.78, 5) is 21.6. The van der Waals surface area contributed by atoms with Crippen molar-refractivity contribution in [3.05, 3.63) is 72.0 Å². The van der Waals surface area contributed by atoms with Crippen LogP contribution < -0.4 is 5.32 Å². The molecule has 0 radical (unpaired) electrons. The lowest BCUT2D eigenvalue weighted by atomic mass is 10.1. The summed E-state index contributed by atoms with van der Waals surface area (Å²) < 4.78 is 7.17. The highest BCUT2D eigenvalue weighted by Gasteiger charge is 2.13. The molecule has 3 heterocycles. The van der Waals surface area contributed by atoms with E-state index in [0.717, 1.165) is 16.1 Å². The number of imidazole rings is 1. The molecule has 0 aliphatic heterocycles. The second-order valence-corrected chi connectivity index (χ2v) is 7.29. The number of aryl methyl sites for hydroxylation is 1. The van der Waals surface area contributed by atoms with Gasteiger partial charge in [0.05, 0.1) is 17.2 Å². The van der Waals surface area contributed by atoms with E-state index in [0.29, 0.717) is 24.6 Å². The van der Waals surface area contributed by atoms with Crippen LogP contribution in [0.25, 0.3) is 16.4 Å².